The second kappa shape index (κ2) is 4.96. The van der Waals surface area contributed by atoms with Crippen LogP contribution >= 0.6 is 35.0 Å². The summed E-state index contributed by atoms with van der Waals surface area (Å²) in [6, 6.07) is 10.7. The fourth-order valence-corrected chi connectivity index (χ4v) is 2.92. The zero-order chi connectivity index (χ0) is 13.4. The maximum Gasteiger partial charge on any atom is 0.261 e. The van der Waals surface area contributed by atoms with Gasteiger partial charge in [0, 0.05) is 9.92 Å². The summed E-state index contributed by atoms with van der Waals surface area (Å²) >= 11 is 13.4. The largest absolute Gasteiger partial charge is 0.431 e. The van der Waals surface area contributed by atoms with Crippen molar-refractivity contribution in [1.29, 1.82) is 0 Å². The molecule has 0 aliphatic rings. The monoisotopic (exact) mass is 310 g/mol. The Morgan fingerprint density at radius 3 is 2.79 bits per heavy atom. The van der Waals surface area contributed by atoms with Gasteiger partial charge in [-0.05, 0) is 42.1 Å². The van der Waals surface area contributed by atoms with E-state index in [0.29, 0.717) is 32.1 Å². The summed E-state index contributed by atoms with van der Waals surface area (Å²) in [5, 5.41) is 1.70. The molecule has 2 N–H and O–H groups in total. The van der Waals surface area contributed by atoms with E-state index in [-0.39, 0.29) is 0 Å². The van der Waals surface area contributed by atoms with E-state index in [0.717, 1.165) is 4.90 Å². The van der Waals surface area contributed by atoms with Crippen LogP contribution in [0.3, 0.4) is 0 Å². The van der Waals surface area contributed by atoms with Crippen LogP contribution in [0.15, 0.2) is 50.9 Å². The van der Waals surface area contributed by atoms with Gasteiger partial charge in [0.1, 0.15) is 5.52 Å². The van der Waals surface area contributed by atoms with Gasteiger partial charge in [0.15, 0.2) is 5.58 Å². The minimum atomic E-state index is 0.483. The van der Waals surface area contributed by atoms with Crippen molar-refractivity contribution in [1.82, 2.24) is 4.98 Å². The lowest BCUT2D eigenvalue weighted by molar-refractivity contribution is 0.489. The van der Waals surface area contributed by atoms with Gasteiger partial charge < -0.3 is 10.2 Å². The molecule has 0 atom stereocenters. The molecule has 3 rings (SSSR count). The quantitative estimate of drug-likeness (QED) is 0.686. The molecule has 3 nitrogen and oxygen atoms in total. The molecule has 0 bridgehead atoms. The summed E-state index contributed by atoms with van der Waals surface area (Å²) in [5.74, 6) is 0. The number of nitrogens with zero attached hydrogens (tertiary/aromatic N) is 1. The highest BCUT2D eigenvalue weighted by Crippen LogP contribution is 2.36. The number of benzene rings is 2. The Bertz CT molecular complexity index is 757. The van der Waals surface area contributed by atoms with Crippen LogP contribution in [0.25, 0.3) is 11.1 Å². The van der Waals surface area contributed by atoms with E-state index in [4.69, 9.17) is 33.4 Å². The number of aromatic nitrogens is 1. The van der Waals surface area contributed by atoms with Crippen LogP contribution < -0.4 is 5.73 Å². The normalized spacial score (nSPS) is 11.1. The first kappa shape index (κ1) is 12.7. The van der Waals surface area contributed by atoms with Crippen LogP contribution in [0, 0.1) is 0 Å². The van der Waals surface area contributed by atoms with Crippen LogP contribution in [0.5, 0.6) is 0 Å². The van der Waals surface area contributed by atoms with E-state index in [2.05, 4.69) is 4.98 Å². The fourth-order valence-electron chi connectivity index (χ4n) is 1.64. The molecule has 0 spiro atoms. The topological polar surface area (TPSA) is 52.0 Å². The molecule has 3 aromatic rings. The molecule has 0 saturated heterocycles. The number of hydrogen-bond donors (Lipinski definition) is 1. The summed E-state index contributed by atoms with van der Waals surface area (Å²) in [6.07, 6.45) is 0. The molecule has 0 aliphatic heterocycles. The van der Waals surface area contributed by atoms with Gasteiger partial charge >= 0.3 is 0 Å². The zero-order valence-electron chi connectivity index (χ0n) is 9.56. The molecular weight excluding hydrogens is 303 g/mol. The molecule has 0 fully saturated rings. The molecule has 0 radical (unpaired) electrons. The lowest BCUT2D eigenvalue weighted by atomic mass is 10.3. The summed E-state index contributed by atoms with van der Waals surface area (Å²) < 4.78 is 5.62. The molecule has 0 saturated carbocycles. The number of hydrogen-bond acceptors (Lipinski definition) is 4. The molecule has 0 amide bonds. The zero-order valence-corrected chi connectivity index (χ0v) is 11.9. The van der Waals surface area contributed by atoms with E-state index >= 15 is 0 Å². The number of para-hydroxylation sites is 1. The Hall–Kier alpha value is -1.36. The molecule has 0 unspecified atom stereocenters. The van der Waals surface area contributed by atoms with Crippen molar-refractivity contribution in [3.63, 3.8) is 0 Å². The fraction of sp³-hybridized carbons (Fsp3) is 0. The molecular formula is C13H8Cl2N2OS. The van der Waals surface area contributed by atoms with Gasteiger partial charge in [-0.3, -0.25) is 0 Å². The molecule has 96 valence electrons. The Labute approximate surface area is 123 Å². The van der Waals surface area contributed by atoms with Crippen LogP contribution in [0.2, 0.25) is 10.0 Å². The average Bonchev–Trinajstić information content (AvgIpc) is 2.78. The molecule has 2 aromatic carbocycles. The Morgan fingerprint density at radius 2 is 2.00 bits per heavy atom. The second-order valence-electron chi connectivity index (χ2n) is 3.85. The maximum atomic E-state index is 6.10. The minimum Gasteiger partial charge on any atom is -0.431 e. The molecule has 6 heteroatoms. The summed E-state index contributed by atoms with van der Waals surface area (Å²) in [4.78, 5) is 5.14. The molecule has 0 aliphatic carbocycles. The summed E-state index contributed by atoms with van der Waals surface area (Å²) in [6.45, 7) is 0. The van der Waals surface area contributed by atoms with Crippen molar-refractivity contribution in [2.24, 2.45) is 0 Å². The first-order valence-electron chi connectivity index (χ1n) is 5.41. The Balaban J connectivity index is 2.01. The molecule has 1 heterocycles. The SMILES string of the molecule is Nc1cccc2oc(Sc3cc(Cl)ccc3Cl)nc12. The first-order chi connectivity index (χ1) is 9.13. The Kier molecular flexibility index (Phi) is 3.31. The highest BCUT2D eigenvalue weighted by atomic mass is 35.5. The third-order valence-corrected chi connectivity index (χ3v) is 4.10. The van der Waals surface area contributed by atoms with Crippen LogP contribution in [0.4, 0.5) is 5.69 Å². The van der Waals surface area contributed by atoms with Crippen LogP contribution in [-0.2, 0) is 0 Å². The van der Waals surface area contributed by atoms with Crippen molar-refractivity contribution >= 4 is 51.8 Å². The van der Waals surface area contributed by atoms with Gasteiger partial charge in [0.2, 0.25) is 0 Å². The van der Waals surface area contributed by atoms with Gasteiger partial charge in [0.25, 0.3) is 5.22 Å². The predicted octanol–water partition coefficient (Wildman–Crippen LogP) is 4.87. The van der Waals surface area contributed by atoms with Crippen molar-refractivity contribution < 1.29 is 4.42 Å². The van der Waals surface area contributed by atoms with Crippen LogP contribution in [-0.4, -0.2) is 4.98 Å². The van der Waals surface area contributed by atoms with E-state index in [9.17, 15) is 0 Å². The van der Waals surface area contributed by atoms with Crippen molar-refractivity contribution in [3.8, 4) is 0 Å². The maximum absolute atomic E-state index is 6.10. The predicted molar refractivity (Wildman–Crippen MR) is 79.0 cm³/mol. The van der Waals surface area contributed by atoms with Gasteiger partial charge in [-0.1, -0.05) is 29.3 Å². The van der Waals surface area contributed by atoms with Crippen molar-refractivity contribution in [2.45, 2.75) is 10.1 Å². The molecule has 1 aromatic heterocycles. The lowest BCUT2D eigenvalue weighted by Gasteiger charge is -2.00. The van der Waals surface area contributed by atoms with Gasteiger partial charge in [-0.25, -0.2) is 4.98 Å². The number of nitrogen functional groups attached to an aromatic ring is 1. The Morgan fingerprint density at radius 1 is 1.16 bits per heavy atom. The standard InChI is InChI=1S/C13H8Cl2N2OS/c14-7-4-5-8(15)11(6-7)19-13-17-12-9(16)2-1-3-10(12)18-13/h1-6H,16H2. The minimum absolute atomic E-state index is 0.483. The number of oxazole rings is 1. The third kappa shape index (κ3) is 2.52. The van der Waals surface area contributed by atoms with E-state index in [1.165, 1.54) is 11.8 Å². The average molecular weight is 311 g/mol. The van der Waals surface area contributed by atoms with Gasteiger partial charge in [-0.15, -0.1) is 0 Å². The first-order valence-corrected chi connectivity index (χ1v) is 6.98. The number of halogens is 2. The van der Waals surface area contributed by atoms with Crippen molar-refractivity contribution in [3.05, 3.63) is 46.4 Å². The second-order valence-corrected chi connectivity index (χ2v) is 5.69. The van der Waals surface area contributed by atoms with E-state index < -0.39 is 0 Å². The lowest BCUT2D eigenvalue weighted by Crippen LogP contribution is -1.84. The van der Waals surface area contributed by atoms with E-state index in [1.54, 1.807) is 24.3 Å². The summed E-state index contributed by atoms with van der Waals surface area (Å²) in [7, 11) is 0. The highest BCUT2D eigenvalue weighted by molar-refractivity contribution is 7.99. The highest BCUT2D eigenvalue weighted by Gasteiger charge is 2.11. The molecule has 19 heavy (non-hydrogen) atoms. The smallest absolute Gasteiger partial charge is 0.261 e. The van der Waals surface area contributed by atoms with Gasteiger partial charge in [-0.2, -0.15) is 0 Å². The number of anilines is 1. The third-order valence-electron chi connectivity index (χ3n) is 2.52. The number of rotatable bonds is 2. The number of nitrogens with two attached hydrogens (primary N) is 1. The number of fused-ring (bicyclic) bond motifs is 1. The van der Waals surface area contributed by atoms with Crippen LogP contribution in [0.1, 0.15) is 0 Å². The van der Waals surface area contributed by atoms with Crippen molar-refractivity contribution in [2.75, 3.05) is 5.73 Å². The van der Waals surface area contributed by atoms with Gasteiger partial charge in [0.05, 0.1) is 10.7 Å². The summed E-state index contributed by atoms with van der Waals surface area (Å²) in [5.41, 5.74) is 7.74. The van der Waals surface area contributed by atoms with E-state index in [1.807, 2.05) is 12.1 Å².